The van der Waals surface area contributed by atoms with E-state index in [4.69, 9.17) is 0 Å². The van der Waals surface area contributed by atoms with Crippen molar-refractivity contribution in [1.29, 1.82) is 0 Å². The monoisotopic (exact) mass is 515 g/mol. The first-order chi connectivity index (χ1) is 18.1. The normalized spacial score (nSPS) is 15.9. The maximum Gasteiger partial charge on any atom is 0.309 e. The summed E-state index contributed by atoms with van der Waals surface area (Å²) in [4.78, 5) is 34.7. The topological polar surface area (TPSA) is 80.5 Å². The molecular weight excluding hydrogens is 482 g/mol. The van der Waals surface area contributed by atoms with Crippen molar-refractivity contribution in [2.45, 2.75) is 25.4 Å². The van der Waals surface area contributed by atoms with E-state index in [9.17, 15) is 9.59 Å². The van der Waals surface area contributed by atoms with Gasteiger partial charge in [0.25, 0.3) is 0 Å². The van der Waals surface area contributed by atoms with Gasteiger partial charge in [-0.15, -0.1) is 11.3 Å². The third-order valence-corrected chi connectivity index (χ3v) is 8.00. The molecule has 0 spiro atoms. The van der Waals surface area contributed by atoms with Crippen LogP contribution in [0.25, 0.3) is 10.9 Å². The van der Waals surface area contributed by atoms with Crippen LogP contribution >= 0.6 is 11.3 Å². The summed E-state index contributed by atoms with van der Waals surface area (Å²) >= 11 is 1.69. The van der Waals surface area contributed by atoms with Crippen LogP contribution in [0, 0.1) is 0 Å². The van der Waals surface area contributed by atoms with Crippen LogP contribution in [0.4, 0.5) is 5.69 Å². The summed E-state index contributed by atoms with van der Waals surface area (Å²) in [5.41, 5.74) is 3.43. The number of amides is 2. The molecule has 8 heteroatoms. The molecule has 0 radical (unpaired) electrons. The van der Waals surface area contributed by atoms with Crippen molar-refractivity contribution in [2.24, 2.45) is 0 Å². The molecule has 2 aromatic carbocycles. The van der Waals surface area contributed by atoms with Crippen molar-refractivity contribution < 1.29 is 9.59 Å². The number of rotatable bonds is 8. The smallest absolute Gasteiger partial charge is 0.309 e. The molecule has 5 rings (SSSR count). The predicted molar refractivity (Wildman–Crippen MR) is 150 cm³/mol. The molecule has 1 aliphatic heterocycles. The third kappa shape index (κ3) is 5.87. The van der Waals surface area contributed by atoms with Crippen molar-refractivity contribution in [3.05, 3.63) is 88.7 Å². The number of piperazine rings is 1. The van der Waals surface area contributed by atoms with Crippen LogP contribution < -0.4 is 15.5 Å². The predicted octanol–water partition coefficient (Wildman–Crippen LogP) is 3.96. The van der Waals surface area contributed by atoms with Crippen LogP contribution in [0.1, 0.15) is 23.4 Å². The number of carbonyl (C=O) groups is 2. The standard InChI is InChI=1S/C29H33N5O2S/c1-21(32-29(36)28(35)30-14-13-22-20-31-25-11-6-5-10-24(22)25)27(26-12-7-19-37-26)34-17-15-33(16-18-34)23-8-3-2-4-9-23/h2-12,19-21,27,31H,13-18H2,1H3,(H,30,35)(H,32,36)/t21-,27-/m0/s1. The maximum absolute atomic E-state index is 12.8. The van der Waals surface area contributed by atoms with Crippen LogP contribution in [0.3, 0.4) is 0 Å². The lowest BCUT2D eigenvalue weighted by Gasteiger charge is -2.42. The fourth-order valence-corrected chi connectivity index (χ4v) is 6.14. The molecule has 2 aromatic heterocycles. The van der Waals surface area contributed by atoms with Crippen LogP contribution in [-0.4, -0.2) is 60.5 Å². The fraction of sp³-hybridized carbons (Fsp3) is 0.310. The van der Waals surface area contributed by atoms with Crippen molar-refractivity contribution in [3.63, 3.8) is 0 Å². The Bertz CT molecular complexity index is 1310. The van der Waals surface area contributed by atoms with E-state index in [1.54, 1.807) is 11.3 Å². The lowest BCUT2D eigenvalue weighted by atomic mass is 10.0. The van der Waals surface area contributed by atoms with Gasteiger partial charge in [-0.2, -0.15) is 0 Å². The highest BCUT2D eigenvalue weighted by Gasteiger charge is 2.31. The molecule has 1 fully saturated rings. The van der Waals surface area contributed by atoms with Gasteiger partial charge < -0.3 is 20.5 Å². The number of hydrogen-bond acceptors (Lipinski definition) is 5. The summed E-state index contributed by atoms with van der Waals surface area (Å²) in [6, 6.07) is 22.5. The van der Waals surface area contributed by atoms with E-state index >= 15 is 0 Å². The highest BCUT2D eigenvalue weighted by atomic mass is 32.1. The first-order valence-electron chi connectivity index (χ1n) is 12.8. The SMILES string of the molecule is C[C@H](NC(=O)C(=O)NCCc1c[nH]c2ccccc12)[C@@H](c1cccs1)N1CCN(c2ccccc2)CC1. The van der Waals surface area contributed by atoms with Gasteiger partial charge in [0.15, 0.2) is 0 Å². The molecule has 192 valence electrons. The largest absolute Gasteiger partial charge is 0.369 e. The number of carbonyl (C=O) groups excluding carboxylic acids is 2. The highest BCUT2D eigenvalue weighted by molar-refractivity contribution is 7.10. The van der Waals surface area contributed by atoms with Gasteiger partial charge in [0, 0.05) is 66.4 Å². The summed E-state index contributed by atoms with van der Waals surface area (Å²) in [7, 11) is 0. The number of aromatic amines is 1. The molecule has 1 saturated heterocycles. The minimum atomic E-state index is -0.592. The van der Waals surface area contributed by atoms with Crippen molar-refractivity contribution in [2.75, 3.05) is 37.6 Å². The summed E-state index contributed by atoms with van der Waals surface area (Å²) in [5, 5.41) is 8.97. The number of nitrogens with zero attached hydrogens (tertiary/aromatic N) is 2. The van der Waals surface area contributed by atoms with Crippen molar-refractivity contribution >= 4 is 39.7 Å². The Morgan fingerprint density at radius 3 is 2.46 bits per heavy atom. The van der Waals surface area contributed by atoms with Gasteiger partial charge >= 0.3 is 11.8 Å². The molecule has 3 heterocycles. The second kappa shape index (κ2) is 11.6. The molecule has 2 atom stereocenters. The zero-order valence-corrected chi connectivity index (χ0v) is 21.8. The summed E-state index contributed by atoms with van der Waals surface area (Å²) in [6.45, 7) is 5.99. The Balaban J connectivity index is 1.16. The Morgan fingerprint density at radius 2 is 1.70 bits per heavy atom. The second-order valence-corrected chi connectivity index (χ2v) is 10.4. The number of para-hydroxylation sites is 2. The minimum Gasteiger partial charge on any atom is -0.369 e. The molecule has 7 nitrogen and oxygen atoms in total. The Hall–Kier alpha value is -3.62. The second-order valence-electron chi connectivity index (χ2n) is 9.45. The molecule has 0 bridgehead atoms. The summed E-state index contributed by atoms with van der Waals surface area (Å²) < 4.78 is 0. The van der Waals surface area contributed by atoms with E-state index in [0.717, 1.165) is 42.6 Å². The van der Waals surface area contributed by atoms with E-state index in [2.05, 4.69) is 67.2 Å². The first kappa shape index (κ1) is 25.0. The molecule has 0 unspecified atom stereocenters. The molecule has 1 aliphatic rings. The highest BCUT2D eigenvalue weighted by Crippen LogP contribution is 2.30. The maximum atomic E-state index is 12.8. The van der Waals surface area contributed by atoms with Crippen LogP contribution in [0.2, 0.25) is 0 Å². The zero-order valence-electron chi connectivity index (χ0n) is 21.0. The number of hydrogen-bond donors (Lipinski definition) is 3. The first-order valence-corrected chi connectivity index (χ1v) is 13.7. The van der Waals surface area contributed by atoms with Gasteiger partial charge in [-0.05, 0) is 48.6 Å². The minimum absolute atomic E-state index is 0.0147. The van der Waals surface area contributed by atoms with Gasteiger partial charge in [-0.25, -0.2) is 0 Å². The molecule has 37 heavy (non-hydrogen) atoms. The van der Waals surface area contributed by atoms with Gasteiger partial charge in [-0.3, -0.25) is 14.5 Å². The number of aromatic nitrogens is 1. The van der Waals surface area contributed by atoms with Gasteiger partial charge in [0.05, 0.1) is 6.04 Å². The summed E-state index contributed by atoms with van der Waals surface area (Å²) in [5.74, 6) is -1.18. The number of thiophene rings is 1. The number of anilines is 1. The summed E-state index contributed by atoms with van der Waals surface area (Å²) in [6.07, 6.45) is 2.62. The Kier molecular flexibility index (Phi) is 7.87. The lowest BCUT2D eigenvalue weighted by molar-refractivity contribution is -0.139. The molecule has 2 amide bonds. The molecule has 3 N–H and O–H groups in total. The average molecular weight is 516 g/mol. The van der Waals surface area contributed by atoms with E-state index < -0.39 is 11.8 Å². The van der Waals surface area contributed by atoms with Gasteiger partial charge in [-0.1, -0.05) is 42.5 Å². The lowest BCUT2D eigenvalue weighted by Crippen LogP contribution is -2.53. The molecule has 0 saturated carbocycles. The fourth-order valence-electron chi connectivity index (χ4n) is 5.18. The zero-order chi connectivity index (χ0) is 25.6. The van der Waals surface area contributed by atoms with Crippen LogP contribution in [0.5, 0.6) is 0 Å². The third-order valence-electron chi connectivity index (χ3n) is 7.06. The number of benzene rings is 2. The van der Waals surface area contributed by atoms with E-state index in [1.807, 2.05) is 43.5 Å². The van der Waals surface area contributed by atoms with Crippen molar-refractivity contribution in [1.82, 2.24) is 20.5 Å². The molecule has 0 aliphatic carbocycles. The van der Waals surface area contributed by atoms with E-state index in [-0.39, 0.29) is 12.1 Å². The van der Waals surface area contributed by atoms with Crippen molar-refractivity contribution in [3.8, 4) is 0 Å². The van der Waals surface area contributed by atoms with E-state index in [1.165, 1.54) is 10.6 Å². The number of H-pyrrole nitrogens is 1. The Labute approximate surface area is 221 Å². The quantitative estimate of drug-likeness (QED) is 0.311. The Morgan fingerprint density at radius 1 is 0.946 bits per heavy atom. The van der Waals surface area contributed by atoms with E-state index in [0.29, 0.717) is 13.0 Å². The van der Waals surface area contributed by atoms with Gasteiger partial charge in [0.2, 0.25) is 0 Å². The van der Waals surface area contributed by atoms with Crippen LogP contribution in [0.15, 0.2) is 78.3 Å². The number of nitrogens with one attached hydrogen (secondary N) is 3. The number of fused-ring (bicyclic) bond motifs is 1. The average Bonchev–Trinajstić information content (AvgIpc) is 3.60. The van der Waals surface area contributed by atoms with Crippen LogP contribution in [-0.2, 0) is 16.0 Å². The van der Waals surface area contributed by atoms with Gasteiger partial charge in [0.1, 0.15) is 0 Å². The molecule has 4 aromatic rings. The molecular formula is C29H33N5O2S.